The monoisotopic (exact) mass is 542 g/mol. The zero-order valence-electron chi connectivity index (χ0n) is 22.5. The fourth-order valence-electron chi connectivity index (χ4n) is 5.30. The van der Waals surface area contributed by atoms with Gasteiger partial charge in [-0.2, -0.15) is 5.10 Å². The molecule has 5 aromatic rings. The molecule has 4 heterocycles. The quantitative estimate of drug-likeness (QED) is 0.247. The molecule has 0 amide bonds. The number of carbonyl (C=O) groups is 1. The van der Waals surface area contributed by atoms with E-state index in [1.165, 1.54) is 0 Å². The van der Waals surface area contributed by atoms with Gasteiger partial charge in [0.05, 0.1) is 46.8 Å². The van der Waals surface area contributed by atoms with Crippen LogP contribution in [0.25, 0.3) is 5.69 Å². The van der Waals surface area contributed by atoms with Gasteiger partial charge in [0.25, 0.3) is 0 Å². The maximum Gasteiger partial charge on any atom is 0.338 e. The molecule has 0 aliphatic carbocycles. The SMILES string of the molecule is CCOC(=O)c1ccc(NC2=Nc3ccccc3N3C2=Nc2c(c(C)nn2-c2ccccc2)[C@@H]3c2ccco2)cc1. The van der Waals surface area contributed by atoms with Crippen molar-refractivity contribution < 1.29 is 13.9 Å². The summed E-state index contributed by atoms with van der Waals surface area (Å²) in [6.07, 6.45) is 1.69. The van der Waals surface area contributed by atoms with Crippen LogP contribution >= 0.6 is 0 Å². The number of rotatable bonds is 5. The van der Waals surface area contributed by atoms with Crippen LogP contribution in [0.1, 0.15) is 40.3 Å². The second kappa shape index (κ2) is 9.95. The number of amidine groups is 2. The van der Waals surface area contributed by atoms with Crippen LogP contribution in [0.15, 0.2) is 112 Å². The minimum atomic E-state index is -0.357. The Bertz CT molecular complexity index is 1800. The second-order valence-electron chi connectivity index (χ2n) is 9.67. The van der Waals surface area contributed by atoms with Gasteiger partial charge in [-0.05, 0) is 74.5 Å². The van der Waals surface area contributed by atoms with E-state index in [-0.39, 0.29) is 12.0 Å². The predicted molar refractivity (Wildman–Crippen MR) is 158 cm³/mol. The Morgan fingerprint density at radius 3 is 2.49 bits per heavy atom. The van der Waals surface area contributed by atoms with E-state index in [2.05, 4.69) is 10.2 Å². The minimum absolute atomic E-state index is 0.322. The molecule has 1 atom stereocenters. The van der Waals surface area contributed by atoms with E-state index >= 15 is 0 Å². The van der Waals surface area contributed by atoms with Crippen LogP contribution in [0.4, 0.5) is 22.9 Å². The molecule has 9 heteroatoms. The number of benzene rings is 3. The first-order valence-corrected chi connectivity index (χ1v) is 13.4. The molecule has 0 radical (unpaired) electrons. The van der Waals surface area contributed by atoms with Crippen LogP contribution in [0.5, 0.6) is 0 Å². The average molecular weight is 543 g/mol. The molecule has 7 rings (SSSR count). The number of nitrogens with zero attached hydrogens (tertiary/aromatic N) is 5. The van der Waals surface area contributed by atoms with Crippen molar-refractivity contribution in [2.24, 2.45) is 9.98 Å². The Hall–Kier alpha value is -5.44. The van der Waals surface area contributed by atoms with Gasteiger partial charge in [-0.25, -0.2) is 19.5 Å². The maximum atomic E-state index is 12.2. The number of fused-ring (bicyclic) bond motifs is 4. The zero-order chi connectivity index (χ0) is 27.9. The Labute approximate surface area is 236 Å². The summed E-state index contributed by atoms with van der Waals surface area (Å²) in [5.74, 6) is 2.32. The highest BCUT2D eigenvalue weighted by Gasteiger charge is 2.42. The minimum Gasteiger partial charge on any atom is -0.467 e. The van der Waals surface area contributed by atoms with Gasteiger partial charge in [0.15, 0.2) is 17.5 Å². The molecular weight excluding hydrogens is 516 g/mol. The number of para-hydroxylation sites is 3. The third-order valence-electron chi connectivity index (χ3n) is 7.11. The fraction of sp³-hybridized carbons (Fsp3) is 0.125. The number of aliphatic imine (C=N–C) groups is 2. The number of esters is 1. The van der Waals surface area contributed by atoms with E-state index in [4.69, 9.17) is 24.2 Å². The molecule has 0 saturated heterocycles. The van der Waals surface area contributed by atoms with E-state index in [9.17, 15) is 4.79 Å². The summed E-state index contributed by atoms with van der Waals surface area (Å²) in [6, 6.07) is 28.6. The van der Waals surface area contributed by atoms with Gasteiger partial charge in [-0.1, -0.05) is 30.3 Å². The summed E-state index contributed by atoms with van der Waals surface area (Å²) in [6.45, 7) is 4.11. The van der Waals surface area contributed by atoms with Crippen LogP contribution in [-0.4, -0.2) is 34.0 Å². The second-order valence-corrected chi connectivity index (χ2v) is 9.67. The first-order valence-electron chi connectivity index (χ1n) is 13.4. The highest BCUT2D eigenvalue weighted by Crippen LogP contribution is 2.48. The maximum absolute atomic E-state index is 12.2. The van der Waals surface area contributed by atoms with Crippen molar-refractivity contribution in [1.29, 1.82) is 0 Å². The molecule has 202 valence electrons. The topological polar surface area (TPSA) is 97.2 Å². The summed E-state index contributed by atoms with van der Waals surface area (Å²) in [4.78, 5) is 24.5. The Morgan fingerprint density at radius 1 is 0.951 bits per heavy atom. The smallest absolute Gasteiger partial charge is 0.338 e. The molecule has 2 aromatic heterocycles. The van der Waals surface area contributed by atoms with Crippen LogP contribution in [0.2, 0.25) is 0 Å². The first-order chi connectivity index (χ1) is 20.1. The number of carbonyl (C=O) groups excluding carboxylic acids is 1. The number of aromatic nitrogens is 2. The van der Waals surface area contributed by atoms with Crippen LogP contribution in [0, 0.1) is 6.92 Å². The summed E-state index contributed by atoms with van der Waals surface area (Å²) in [5.41, 5.74) is 5.67. The number of hydrogen-bond donors (Lipinski definition) is 1. The largest absolute Gasteiger partial charge is 0.467 e. The van der Waals surface area contributed by atoms with E-state index in [0.29, 0.717) is 29.7 Å². The lowest BCUT2D eigenvalue weighted by Gasteiger charge is -2.39. The number of nitrogens with one attached hydrogen (secondary N) is 1. The highest BCUT2D eigenvalue weighted by atomic mass is 16.5. The third kappa shape index (κ3) is 4.19. The van der Waals surface area contributed by atoms with Gasteiger partial charge in [0, 0.05) is 5.69 Å². The number of ether oxygens (including phenoxy) is 1. The zero-order valence-corrected chi connectivity index (χ0v) is 22.5. The summed E-state index contributed by atoms with van der Waals surface area (Å²) >= 11 is 0. The number of anilines is 2. The number of furan rings is 1. The lowest BCUT2D eigenvalue weighted by molar-refractivity contribution is 0.0526. The average Bonchev–Trinajstić information content (AvgIpc) is 3.66. The van der Waals surface area contributed by atoms with E-state index in [0.717, 1.165) is 39.8 Å². The van der Waals surface area contributed by atoms with Gasteiger partial charge >= 0.3 is 5.97 Å². The normalized spacial score (nSPS) is 15.3. The van der Waals surface area contributed by atoms with Crippen LogP contribution in [0.3, 0.4) is 0 Å². The van der Waals surface area contributed by atoms with Crippen molar-refractivity contribution in [3.63, 3.8) is 0 Å². The lowest BCUT2D eigenvalue weighted by atomic mass is 9.98. The fourth-order valence-corrected chi connectivity index (χ4v) is 5.30. The van der Waals surface area contributed by atoms with Crippen molar-refractivity contribution in [3.05, 3.63) is 120 Å². The molecule has 41 heavy (non-hydrogen) atoms. The summed E-state index contributed by atoms with van der Waals surface area (Å²) in [5, 5.41) is 8.37. The van der Waals surface area contributed by atoms with E-state index in [1.54, 1.807) is 25.3 Å². The van der Waals surface area contributed by atoms with Crippen molar-refractivity contribution in [3.8, 4) is 5.69 Å². The molecule has 2 aliphatic rings. The van der Waals surface area contributed by atoms with Gasteiger partial charge < -0.3 is 19.4 Å². The summed E-state index contributed by atoms with van der Waals surface area (Å²) < 4.78 is 13.0. The molecule has 0 bridgehead atoms. The molecule has 1 N–H and O–H groups in total. The molecule has 0 saturated carbocycles. The number of hydrogen-bond acceptors (Lipinski definition) is 8. The molecule has 0 spiro atoms. The van der Waals surface area contributed by atoms with Gasteiger partial charge in [-0.15, -0.1) is 0 Å². The number of aryl methyl sites for hydroxylation is 1. The van der Waals surface area contributed by atoms with Gasteiger partial charge in [-0.3, -0.25) is 0 Å². The van der Waals surface area contributed by atoms with Crippen molar-refractivity contribution in [1.82, 2.24) is 9.78 Å². The molecule has 0 unspecified atom stereocenters. The van der Waals surface area contributed by atoms with Gasteiger partial charge in [0.2, 0.25) is 0 Å². The van der Waals surface area contributed by atoms with Crippen molar-refractivity contribution in [2.75, 3.05) is 16.8 Å². The van der Waals surface area contributed by atoms with E-state index in [1.807, 2.05) is 90.5 Å². The Kier molecular flexibility index (Phi) is 5.96. The predicted octanol–water partition coefficient (Wildman–Crippen LogP) is 6.75. The van der Waals surface area contributed by atoms with Crippen molar-refractivity contribution in [2.45, 2.75) is 19.9 Å². The van der Waals surface area contributed by atoms with Crippen LogP contribution in [-0.2, 0) is 4.74 Å². The lowest BCUT2D eigenvalue weighted by Crippen LogP contribution is -2.46. The molecular formula is C32H26N6O3. The molecule has 0 fully saturated rings. The van der Waals surface area contributed by atoms with Gasteiger partial charge in [0.1, 0.15) is 11.8 Å². The molecule has 3 aromatic carbocycles. The third-order valence-corrected chi connectivity index (χ3v) is 7.11. The first kappa shape index (κ1) is 24.6. The highest BCUT2D eigenvalue weighted by molar-refractivity contribution is 6.51. The molecule has 9 nitrogen and oxygen atoms in total. The Balaban J connectivity index is 1.40. The van der Waals surface area contributed by atoms with E-state index < -0.39 is 0 Å². The van der Waals surface area contributed by atoms with Crippen LogP contribution < -0.4 is 10.2 Å². The van der Waals surface area contributed by atoms with Crippen molar-refractivity contribution >= 4 is 40.5 Å². The Morgan fingerprint density at radius 2 is 1.73 bits per heavy atom. The summed E-state index contributed by atoms with van der Waals surface area (Å²) in [7, 11) is 0. The molecule has 2 aliphatic heterocycles. The standard InChI is InChI=1S/C32H26N6O3/c1-3-40-32(39)21-15-17-22(18-16-21)33-29-31-35-30-27(20(2)36-38(30)23-10-5-4-6-11-23)28(26-14-9-19-41-26)37(31)25-13-8-7-12-24(25)34-29/h4-19,28H,3H2,1-2H3,(H,33,34)/t28-/m0/s1.